The Morgan fingerprint density at radius 1 is 1.43 bits per heavy atom. The molecule has 1 rings (SSSR count). The molecule has 5 heteroatoms. The molecule has 0 aliphatic carbocycles. The lowest BCUT2D eigenvalue weighted by atomic mass is 10.1. The third kappa shape index (κ3) is 4.17. The number of hydrogen-bond acceptors (Lipinski definition) is 3. The molecule has 74 valence electrons. The van der Waals surface area contributed by atoms with Crippen LogP contribution in [0.25, 0.3) is 0 Å². The number of halogens is 1. The van der Waals surface area contributed by atoms with E-state index >= 15 is 0 Å². The summed E-state index contributed by atoms with van der Waals surface area (Å²) in [5, 5.41) is 11.0. The van der Waals surface area contributed by atoms with Crippen molar-refractivity contribution in [2.24, 2.45) is 0 Å². The molecule has 0 saturated carbocycles. The zero-order valence-electron chi connectivity index (χ0n) is 7.07. The third-order valence-electron chi connectivity index (χ3n) is 1.40. The average molecular weight is 231 g/mol. The van der Waals surface area contributed by atoms with Crippen LogP contribution in [0.5, 0.6) is 5.75 Å². The van der Waals surface area contributed by atoms with Crippen LogP contribution in [0.3, 0.4) is 0 Å². The van der Waals surface area contributed by atoms with E-state index in [1.54, 1.807) is 12.1 Å². The molecule has 0 aromatic heterocycles. The summed E-state index contributed by atoms with van der Waals surface area (Å²) >= 11 is 0. The third-order valence-corrected chi connectivity index (χ3v) is 2.02. The summed E-state index contributed by atoms with van der Waals surface area (Å²) < 4.78 is 20.9. The van der Waals surface area contributed by atoms with Crippen LogP contribution in [-0.4, -0.2) is 13.5 Å². The van der Waals surface area contributed by atoms with Gasteiger partial charge in [0.05, 0.1) is 0 Å². The molecule has 0 radical (unpaired) electrons. The van der Waals surface area contributed by atoms with Crippen molar-refractivity contribution in [1.82, 2.24) is 0 Å². The lowest BCUT2D eigenvalue weighted by Crippen LogP contribution is -1.83. The summed E-state index contributed by atoms with van der Waals surface area (Å²) in [4.78, 5) is 0. The highest BCUT2D eigenvalue weighted by atomic mass is 35.7. The van der Waals surface area contributed by atoms with Crippen LogP contribution < -0.4 is 0 Å². The summed E-state index contributed by atoms with van der Waals surface area (Å²) in [5.74, 6) is 2.51. The minimum absolute atomic E-state index is 0.123. The van der Waals surface area contributed by atoms with Gasteiger partial charge in [0.25, 0.3) is 0 Å². The minimum Gasteiger partial charge on any atom is -0.508 e. The van der Waals surface area contributed by atoms with E-state index in [4.69, 9.17) is 15.8 Å². The van der Waals surface area contributed by atoms with Crippen molar-refractivity contribution in [2.45, 2.75) is 6.42 Å². The average Bonchev–Trinajstić information content (AvgIpc) is 2.01. The lowest BCUT2D eigenvalue weighted by molar-refractivity contribution is 0.475. The Morgan fingerprint density at radius 2 is 2.14 bits per heavy atom. The van der Waals surface area contributed by atoms with Crippen LogP contribution in [0.2, 0.25) is 0 Å². The van der Waals surface area contributed by atoms with E-state index in [0.717, 1.165) is 5.56 Å². The summed E-state index contributed by atoms with van der Waals surface area (Å²) in [6, 6.07) is 6.42. The molecular formula is C9H7ClO3S. The largest absolute Gasteiger partial charge is 0.508 e. The maximum atomic E-state index is 10.4. The molecule has 0 aliphatic rings. The molecule has 0 aliphatic heterocycles. The number of benzene rings is 1. The van der Waals surface area contributed by atoms with E-state index in [-0.39, 0.29) is 12.2 Å². The van der Waals surface area contributed by atoms with Crippen LogP contribution in [0.4, 0.5) is 0 Å². The number of rotatable bonds is 1. The number of hydrogen-bond donors (Lipinski definition) is 1. The maximum absolute atomic E-state index is 10.4. The van der Waals surface area contributed by atoms with Crippen LogP contribution in [-0.2, 0) is 15.5 Å². The second-order valence-corrected chi connectivity index (χ2v) is 4.86. The van der Waals surface area contributed by atoms with Gasteiger partial charge in [-0.25, -0.2) is 0 Å². The smallest absolute Gasteiger partial charge is 0.300 e. The topological polar surface area (TPSA) is 54.4 Å². The standard InChI is InChI=1S/C9H7ClO3S/c10-14(12,13)6-2-4-8-3-1-5-9(11)7-8/h1,3,5,7,11H,4H2. The maximum Gasteiger partial charge on any atom is 0.300 e. The first-order chi connectivity index (χ1) is 6.47. The molecule has 0 spiro atoms. The van der Waals surface area contributed by atoms with Gasteiger partial charge in [0.15, 0.2) is 0 Å². The fourth-order valence-corrected chi connectivity index (χ4v) is 1.30. The van der Waals surface area contributed by atoms with Crippen LogP contribution in [0.1, 0.15) is 5.56 Å². The summed E-state index contributed by atoms with van der Waals surface area (Å²) in [7, 11) is 1.12. The molecule has 0 unspecified atom stereocenters. The molecular weight excluding hydrogens is 224 g/mol. The van der Waals surface area contributed by atoms with E-state index in [1.807, 2.05) is 5.25 Å². The van der Waals surface area contributed by atoms with Crippen LogP contribution in [0, 0.1) is 11.2 Å². The van der Waals surface area contributed by atoms with Gasteiger partial charge in [-0.2, -0.15) is 8.42 Å². The Balaban J connectivity index is 2.75. The normalized spacial score (nSPS) is 10.4. The zero-order chi connectivity index (χ0) is 10.6. The van der Waals surface area contributed by atoms with E-state index in [0.29, 0.717) is 0 Å². The van der Waals surface area contributed by atoms with Crippen molar-refractivity contribution in [3.05, 3.63) is 29.8 Å². The molecule has 1 aromatic rings. The van der Waals surface area contributed by atoms with Gasteiger partial charge in [0, 0.05) is 22.4 Å². The van der Waals surface area contributed by atoms with Gasteiger partial charge < -0.3 is 5.11 Å². The van der Waals surface area contributed by atoms with Gasteiger partial charge in [-0.05, 0) is 17.7 Å². The SMILES string of the molecule is O=S(=O)(Cl)C#CCc1cccc(O)c1. The van der Waals surface area contributed by atoms with Gasteiger partial charge in [-0.1, -0.05) is 18.1 Å². The van der Waals surface area contributed by atoms with E-state index < -0.39 is 9.05 Å². The van der Waals surface area contributed by atoms with Gasteiger partial charge in [-0.15, -0.1) is 0 Å². The van der Waals surface area contributed by atoms with Gasteiger partial charge in [-0.3, -0.25) is 0 Å². The highest BCUT2D eigenvalue weighted by Gasteiger charge is 1.96. The summed E-state index contributed by atoms with van der Waals surface area (Å²) in [5.41, 5.74) is 0.734. The van der Waals surface area contributed by atoms with Crippen molar-refractivity contribution in [2.75, 3.05) is 0 Å². The van der Waals surface area contributed by atoms with Crippen molar-refractivity contribution in [1.29, 1.82) is 0 Å². The minimum atomic E-state index is -3.76. The highest BCUT2D eigenvalue weighted by molar-refractivity contribution is 8.17. The van der Waals surface area contributed by atoms with Gasteiger partial charge >= 0.3 is 9.05 Å². The van der Waals surface area contributed by atoms with Crippen molar-refractivity contribution in [3.8, 4) is 16.9 Å². The van der Waals surface area contributed by atoms with E-state index in [2.05, 4.69) is 5.92 Å². The fourth-order valence-electron chi connectivity index (χ4n) is 0.891. The first-order valence-corrected chi connectivity index (χ1v) is 6.00. The second-order valence-electron chi connectivity index (χ2n) is 2.56. The quantitative estimate of drug-likeness (QED) is 0.587. The monoisotopic (exact) mass is 230 g/mol. The van der Waals surface area contributed by atoms with Crippen molar-refractivity contribution >= 4 is 19.7 Å². The molecule has 0 heterocycles. The van der Waals surface area contributed by atoms with Crippen LogP contribution in [0.15, 0.2) is 24.3 Å². The van der Waals surface area contributed by atoms with Gasteiger partial charge in [0.2, 0.25) is 0 Å². The molecule has 14 heavy (non-hydrogen) atoms. The highest BCUT2D eigenvalue weighted by Crippen LogP contribution is 2.10. The molecule has 3 nitrogen and oxygen atoms in total. The Labute approximate surface area is 86.8 Å². The van der Waals surface area contributed by atoms with Crippen LogP contribution >= 0.6 is 10.7 Å². The first kappa shape index (κ1) is 10.9. The molecule has 0 bridgehead atoms. The fraction of sp³-hybridized carbons (Fsp3) is 0.111. The molecule has 0 amide bonds. The molecule has 0 fully saturated rings. The first-order valence-electron chi connectivity index (χ1n) is 3.69. The Morgan fingerprint density at radius 3 is 2.71 bits per heavy atom. The summed E-state index contributed by atoms with van der Waals surface area (Å²) in [6.45, 7) is 0. The van der Waals surface area contributed by atoms with Gasteiger partial charge in [0.1, 0.15) is 5.75 Å². The predicted octanol–water partition coefficient (Wildman–Crippen LogP) is 1.46. The Kier molecular flexibility index (Phi) is 3.39. The molecule has 0 atom stereocenters. The number of phenolic OH excluding ortho intramolecular Hbond substituents is 1. The molecule has 0 saturated heterocycles. The molecule has 1 N–H and O–H groups in total. The lowest BCUT2D eigenvalue weighted by Gasteiger charge is -1.94. The number of aromatic hydroxyl groups is 1. The molecule has 1 aromatic carbocycles. The Hall–Kier alpha value is -1.18. The predicted molar refractivity (Wildman–Crippen MR) is 54.4 cm³/mol. The summed E-state index contributed by atoms with van der Waals surface area (Å²) in [6.07, 6.45) is 0.236. The van der Waals surface area contributed by atoms with E-state index in [1.165, 1.54) is 12.1 Å². The number of phenols is 1. The zero-order valence-corrected chi connectivity index (χ0v) is 8.64. The van der Waals surface area contributed by atoms with E-state index in [9.17, 15) is 8.42 Å². The second kappa shape index (κ2) is 4.36. The Bertz CT molecular complexity index is 482. The van der Waals surface area contributed by atoms with Crippen molar-refractivity contribution in [3.63, 3.8) is 0 Å². The van der Waals surface area contributed by atoms with Crippen molar-refractivity contribution < 1.29 is 13.5 Å².